The third kappa shape index (κ3) is 5.20. The smallest absolute Gasteiger partial charge is 0.321 e. The average molecular weight is 346 g/mol. The number of esters is 1. The number of ether oxygens (including phenoxy) is 1. The van der Waals surface area contributed by atoms with E-state index in [4.69, 9.17) is 4.74 Å². The van der Waals surface area contributed by atoms with Crippen LogP contribution in [-0.4, -0.2) is 25.0 Å². The molecule has 126 valence electrons. The number of carbonyl (C=O) groups excluding carboxylic acids is 3. The Kier molecular flexibility index (Phi) is 6.51. The first-order valence-electron chi connectivity index (χ1n) is 7.39. The van der Waals surface area contributed by atoms with Crippen LogP contribution in [0.25, 0.3) is 0 Å². The van der Waals surface area contributed by atoms with Crippen molar-refractivity contribution in [3.05, 3.63) is 58.3 Å². The van der Waals surface area contributed by atoms with Gasteiger partial charge in [0.05, 0.1) is 6.42 Å². The number of imide groups is 1. The molecule has 2 aromatic rings. The molecule has 0 unspecified atom stereocenters. The molecule has 1 aromatic carbocycles. The maximum absolute atomic E-state index is 12.2. The lowest BCUT2D eigenvalue weighted by Gasteiger charge is -2.17. The second-order valence-electron chi connectivity index (χ2n) is 4.93. The molecule has 1 heterocycles. The first-order valence-corrected chi connectivity index (χ1v) is 8.27. The molecule has 2 N–H and O–H groups in total. The minimum Gasteiger partial charge on any atom is -0.447 e. The van der Waals surface area contributed by atoms with Gasteiger partial charge in [-0.1, -0.05) is 36.4 Å². The van der Waals surface area contributed by atoms with Gasteiger partial charge in [-0.2, -0.15) is 0 Å². The van der Waals surface area contributed by atoms with Gasteiger partial charge in [0.25, 0.3) is 5.91 Å². The van der Waals surface area contributed by atoms with Crippen LogP contribution in [0.1, 0.15) is 23.0 Å². The zero-order chi connectivity index (χ0) is 17.4. The van der Waals surface area contributed by atoms with E-state index < -0.39 is 24.0 Å². The summed E-state index contributed by atoms with van der Waals surface area (Å²) in [5, 5.41) is 6.36. The minimum absolute atomic E-state index is 0.164. The fourth-order valence-corrected chi connectivity index (χ4v) is 2.72. The number of nitrogens with one attached hydrogen (secondary N) is 2. The number of thiophene rings is 1. The number of rotatable bonds is 6. The Morgan fingerprint density at radius 2 is 1.88 bits per heavy atom. The van der Waals surface area contributed by atoms with Crippen molar-refractivity contribution < 1.29 is 19.1 Å². The molecule has 2 rings (SSSR count). The topological polar surface area (TPSA) is 84.5 Å². The minimum atomic E-state index is -1.17. The van der Waals surface area contributed by atoms with Crippen LogP contribution >= 0.6 is 11.3 Å². The van der Waals surface area contributed by atoms with Gasteiger partial charge in [-0.15, -0.1) is 11.3 Å². The monoisotopic (exact) mass is 346 g/mol. The summed E-state index contributed by atoms with van der Waals surface area (Å²) in [5.41, 5.74) is 0.503. The summed E-state index contributed by atoms with van der Waals surface area (Å²) in [4.78, 5) is 36.7. The maximum atomic E-state index is 12.2. The van der Waals surface area contributed by atoms with E-state index in [0.717, 1.165) is 4.88 Å². The molecular weight excluding hydrogens is 328 g/mol. The molecule has 0 fully saturated rings. The molecule has 24 heavy (non-hydrogen) atoms. The van der Waals surface area contributed by atoms with Gasteiger partial charge >= 0.3 is 12.0 Å². The molecule has 0 radical (unpaired) electrons. The van der Waals surface area contributed by atoms with E-state index >= 15 is 0 Å². The Bertz CT molecular complexity index is 686. The van der Waals surface area contributed by atoms with E-state index in [9.17, 15) is 14.4 Å². The molecule has 1 aromatic heterocycles. The van der Waals surface area contributed by atoms with E-state index in [1.54, 1.807) is 41.7 Å². The van der Waals surface area contributed by atoms with Crippen molar-refractivity contribution in [2.24, 2.45) is 0 Å². The van der Waals surface area contributed by atoms with Gasteiger partial charge in [0.15, 0.2) is 0 Å². The van der Waals surface area contributed by atoms with Crippen molar-refractivity contribution in [1.82, 2.24) is 10.6 Å². The van der Waals surface area contributed by atoms with Crippen LogP contribution in [0.4, 0.5) is 4.79 Å². The fraction of sp³-hybridized carbons (Fsp3) is 0.235. The number of hydrogen-bond acceptors (Lipinski definition) is 5. The SMILES string of the molecule is CNC(=O)NC(=O)[C@H](OC(=O)CCc1cccs1)c1ccccc1. The highest BCUT2D eigenvalue weighted by molar-refractivity contribution is 7.09. The number of urea groups is 1. The summed E-state index contributed by atoms with van der Waals surface area (Å²) in [6.45, 7) is 0. The molecule has 0 bridgehead atoms. The highest BCUT2D eigenvalue weighted by Gasteiger charge is 2.26. The molecule has 0 aliphatic rings. The molecule has 6 nitrogen and oxygen atoms in total. The Hall–Kier alpha value is -2.67. The summed E-state index contributed by atoms with van der Waals surface area (Å²) >= 11 is 1.56. The normalized spacial score (nSPS) is 11.4. The highest BCUT2D eigenvalue weighted by atomic mass is 32.1. The van der Waals surface area contributed by atoms with Crippen LogP contribution < -0.4 is 10.6 Å². The molecule has 7 heteroatoms. The molecule has 0 aliphatic carbocycles. The fourth-order valence-electron chi connectivity index (χ4n) is 2.01. The molecule has 0 aliphatic heterocycles. The third-order valence-corrected chi connectivity index (χ3v) is 4.15. The van der Waals surface area contributed by atoms with Crippen molar-refractivity contribution in [1.29, 1.82) is 0 Å². The van der Waals surface area contributed by atoms with Crippen LogP contribution in [0, 0.1) is 0 Å². The molecule has 0 spiro atoms. The molecule has 3 amide bonds. The lowest BCUT2D eigenvalue weighted by Crippen LogP contribution is -2.41. The lowest BCUT2D eigenvalue weighted by molar-refractivity contribution is -0.156. The average Bonchev–Trinajstić information content (AvgIpc) is 3.12. The number of benzene rings is 1. The van der Waals surface area contributed by atoms with Crippen LogP contribution in [0.15, 0.2) is 47.8 Å². The van der Waals surface area contributed by atoms with Crippen molar-refractivity contribution in [3.63, 3.8) is 0 Å². The van der Waals surface area contributed by atoms with Crippen molar-refractivity contribution >= 4 is 29.2 Å². The second kappa shape index (κ2) is 8.83. The van der Waals surface area contributed by atoms with Crippen molar-refractivity contribution in [2.45, 2.75) is 18.9 Å². The summed E-state index contributed by atoms with van der Waals surface area (Å²) in [7, 11) is 1.40. The summed E-state index contributed by atoms with van der Waals surface area (Å²) < 4.78 is 5.32. The van der Waals surface area contributed by atoms with Gasteiger partial charge in [0, 0.05) is 17.5 Å². The van der Waals surface area contributed by atoms with E-state index in [0.29, 0.717) is 12.0 Å². The number of amides is 3. The second-order valence-corrected chi connectivity index (χ2v) is 5.96. The number of hydrogen-bond donors (Lipinski definition) is 2. The standard InChI is InChI=1S/C17H18N2O4S/c1-18-17(22)19-16(21)15(12-6-3-2-4-7-12)23-14(20)10-9-13-8-5-11-24-13/h2-8,11,15H,9-10H2,1H3,(H2,18,19,21,22)/t15-/m1/s1. The Labute approximate surface area is 143 Å². The third-order valence-electron chi connectivity index (χ3n) is 3.21. The van der Waals surface area contributed by atoms with E-state index in [1.807, 2.05) is 17.5 Å². The Balaban J connectivity index is 2.03. The quantitative estimate of drug-likeness (QED) is 0.787. The van der Waals surface area contributed by atoms with E-state index in [-0.39, 0.29) is 6.42 Å². The molecule has 0 saturated heterocycles. The van der Waals surface area contributed by atoms with Gasteiger partial charge in [0.1, 0.15) is 0 Å². The summed E-state index contributed by atoms with van der Waals surface area (Å²) in [6.07, 6.45) is -0.453. The molecular formula is C17H18N2O4S. The Morgan fingerprint density at radius 1 is 1.12 bits per heavy atom. The zero-order valence-corrected chi connectivity index (χ0v) is 14.0. The van der Waals surface area contributed by atoms with Crippen LogP contribution in [0.2, 0.25) is 0 Å². The first kappa shape index (κ1) is 17.7. The van der Waals surface area contributed by atoms with Crippen LogP contribution in [0.5, 0.6) is 0 Å². The summed E-state index contributed by atoms with van der Waals surface area (Å²) in [6, 6.07) is 11.8. The first-order chi connectivity index (χ1) is 11.6. The van der Waals surface area contributed by atoms with Crippen molar-refractivity contribution in [3.8, 4) is 0 Å². The van der Waals surface area contributed by atoms with Crippen LogP contribution in [0.3, 0.4) is 0 Å². The molecule has 0 saturated carbocycles. The van der Waals surface area contributed by atoms with E-state index in [1.165, 1.54) is 7.05 Å². The van der Waals surface area contributed by atoms with Crippen LogP contribution in [-0.2, 0) is 20.7 Å². The van der Waals surface area contributed by atoms with Gasteiger partial charge in [-0.3, -0.25) is 14.9 Å². The van der Waals surface area contributed by atoms with Gasteiger partial charge < -0.3 is 10.1 Å². The maximum Gasteiger partial charge on any atom is 0.321 e. The Morgan fingerprint density at radius 3 is 2.50 bits per heavy atom. The number of aryl methyl sites for hydroxylation is 1. The summed E-state index contributed by atoms with van der Waals surface area (Å²) in [5.74, 6) is -1.19. The van der Waals surface area contributed by atoms with Gasteiger partial charge in [0.2, 0.25) is 6.10 Å². The predicted octanol–water partition coefficient (Wildman–Crippen LogP) is 2.42. The van der Waals surface area contributed by atoms with E-state index in [2.05, 4.69) is 10.6 Å². The lowest BCUT2D eigenvalue weighted by atomic mass is 10.1. The zero-order valence-electron chi connectivity index (χ0n) is 13.2. The molecule has 1 atom stereocenters. The van der Waals surface area contributed by atoms with Gasteiger partial charge in [-0.05, 0) is 17.9 Å². The number of carbonyl (C=O) groups is 3. The van der Waals surface area contributed by atoms with Crippen molar-refractivity contribution in [2.75, 3.05) is 7.05 Å². The largest absolute Gasteiger partial charge is 0.447 e. The highest BCUT2D eigenvalue weighted by Crippen LogP contribution is 2.19. The van der Waals surface area contributed by atoms with Gasteiger partial charge in [-0.25, -0.2) is 4.79 Å². The predicted molar refractivity (Wildman–Crippen MR) is 90.5 cm³/mol.